The van der Waals surface area contributed by atoms with E-state index in [9.17, 15) is 0 Å². The van der Waals surface area contributed by atoms with E-state index >= 15 is 0 Å². The van der Waals surface area contributed by atoms with E-state index < -0.39 is 0 Å². The Balaban J connectivity index is 1.79. The molecule has 2 rings (SSSR count). The Morgan fingerprint density at radius 2 is 2.36 bits per heavy atom. The van der Waals surface area contributed by atoms with Crippen LogP contribution < -0.4 is 5.32 Å². The highest BCUT2D eigenvalue weighted by atomic mass is 32.1. The van der Waals surface area contributed by atoms with Crippen LogP contribution in [0.1, 0.15) is 38.3 Å². The van der Waals surface area contributed by atoms with Crippen molar-refractivity contribution in [3.63, 3.8) is 0 Å². The first-order chi connectivity index (χ1) is 6.86. The maximum absolute atomic E-state index is 4.19. The maximum atomic E-state index is 4.19. The van der Waals surface area contributed by atoms with Crippen LogP contribution in [-0.2, 0) is 6.54 Å². The number of aromatic nitrogens is 2. The average Bonchev–Trinajstić information content (AvgIpc) is 2.69. The van der Waals surface area contributed by atoms with Gasteiger partial charge in [-0.1, -0.05) is 19.8 Å². The normalized spacial score (nSPS) is 27.8. The van der Waals surface area contributed by atoms with Crippen LogP contribution in [0, 0.1) is 5.92 Å². The van der Waals surface area contributed by atoms with E-state index in [-0.39, 0.29) is 0 Å². The molecule has 0 spiro atoms. The lowest BCUT2D eigenvalue weighted by molar-refractivity contribution is 0.279. The summed E-state index contributed by atoms with van der Waals surface area (Å²) in [4.78, 5) is 0. The molecule has 4 heteroatoms. The van der Waals surface area contributed by atoms with Crippen molar-refractivity contribution < 1.29 is 0 Å². The Kier molecular flexibility index (Phi) is 3.48. The van der Waals surface area contributed by atoms with Crippen molar-refractivity contribution in [1.29, 1.82) is 0 Å². The van der Waals surface area contributed by atoms with Gasteiger partial charge in [-0.3, -0.25) is 0 Å². The predicted molar refractivity (Wildman–Crippen MR) is 58.2 cm³/mol. The molecule has 2 atom stereocenters. The fourth-order valence-corrected chi connectivity index (χ4v) is 2.55. The van der Waals surface area contributed by atoms with Gasteiger partial charge in [-0.25, -0.2) is 0 Å². The highest BCUT2D eigenvalue weighted by Gasteiger charge is 2.20. The van der Waals surface area contributed by atoms with E-state index in [1.165, 1.54) is 37.4 Å². The summed E-state index contributed by atoms with van der Waals surface area (Å²) in [5.74, 6) is 0.815. The molecule has 1 N–H and O–H groups in total. The van der Waals surface area contributed by atoms with Crippen LogP contribution in [0.25, 0.3) is 0 Å². The molecule has 0 amide bonds. The summed E-state index contributed by atoms with van der Waals surface area (Å²) in [6.45, 7) is 3.22. The fourth-order valence-electron chi connectivity index (χ4n) is 2.12. The van der Waals surface area contributed by atoms with Gasteiger partial charge in [0.15, 0.2) is 0 Å². The second-order valence-electron chi connectivity index (χ2n) is 4.15. The van der Waals surface area contributed by atoms with Crippen LogP contribution in [-0.4, -0.2) is 14.8 Å². The van der Waals surface area contributed by atoms with Gasteiger partial charge in [-0.2, -0.15) is 8.75 Å². The Labute approximate surface area is 89.3 Å². The minimum absolute atomic E-state index is 0.686. The highest BCUT2D eigenvalue weighted by molar-refractivity contribution is 6.99. The molecule has 78 valence electrons. The minimum atomic E-state index is 0.686. The van der Waals surface area contributed by atoms with Gasteiger partial charge in [0.2, 0.25) is 0 Å². The average molecular weight is 211 g/mol. The van der Waals surface area contributed by atoms with Gasteiger partial charge < -0.3 is 5.32 Å². The van der Waals surface area contributed by atoms with E-state index in [2.05, 4.69) is 21.0 Å². The van der Waals surface area contributed by atoms with Crippen molar-refractivity contribution >= 4 is 11.7 Å². The lowest BCUT2D eigenvalue weighted by Crippen LogP contribution is -2.36. The summed E-state index contributed by atoms with van der Waals surface area (Å²) in [5, 5.41) is 3.58. The Morgan fingerprint density at radius 1 is 1.50 bits per heavy atom. The third-order valence-electron chi connectivity index (χ3n) is 3.06. The summed E-state index contributed by atoms with van der Waals surface area (Å²) in [5.41, 5.74) is 1.08. The monoisotopic (exact) mass is 211 g/mol. The van der Waals surface area contributed by atoms with Gasteiger partial charge >= 0.3 is 0 Å². The van der Waals surface area contributed by atoms with Crippen LogP contribution in [0.4, 0.5) is 0 Å². The molecular weight excluding hydrogens is 194 g/mol. The largest absolute Gasteiger partial charge is 0.308 e. The SMILES string of the molecule is CC1CCCCC1NCc1cnsn1. The van der Waals surface area contributed by atoms with Gasteiger partial charge in [0, 0.05) is 12.6 Å². The first kappa shape index (κ1) is 10.1. The van der Waals surface area contributed by atoms with Crippen molar-refractivity contribution in [2.45, 2.75) is 45.2 Å². The van der Waals surface area contributed by atoms with Gasteiger partial charge in [-0.15, -0.1) is 0 Å². The van der Waals surface area contributed by atoms with Crippen molar-refractivity contribution in [2.24, 2.45) is 5.92 Å². The summed E-state index contributed by atoms with van der Waals surface area (Å²) in [6, 6.07) is 0.686. The molecule has 0 bridgehead atoms. The van der Waals surface area contributed by atoms with E-state index in [1.54, 1.807) is 0 Å². The molecule has 1 fully saturated rings. The van der Waals surface area contributed by atoms with Crippen molar-refractivity contribution in [2.75, 3.05) is 0 Å². The van der Waals surface area contributed by atoms with E-state index in [0.29, 0.717) is 6.04 Å². The quantitative estimate of drug-likeness (QED) is 0.833. The molecule has 1 aliphatic carbocycles. The predicted octanol–water partition coefficient (Wildman–Crippen LogP) is 2.21. The second kappa shape index (κ2) is 4.84. The molecular formula is C10H17N3S. The molecule has 14 heavy (non-hydrogen) atoms. The number of hydrogen-bond donors (Lipinski definition) is 1. The second-order valence-corrected chi connectivity index (χ2v) is 4.70. The smallest absolute Gasteiger partial charge is 0.0880 e. The summed E-state index contributed by atoms with van der Waals surface area (Å²) in [7, 11) is 0. The van der Waals surface area contributed by atoms with Crippen molar-refractivity contribution in [3.8, 4) is 0 Å². The Morgan fingerprint density at radius 3 is 3.07 bits per heavy atom. The van der Waals surface area contributed by atoms with Gasteiger partial charge in [0.25, 0.3) is 0 Å². The standard InChI is InChI=1S/C10H17N3S/c1-8-4-2-3-5-10(8)11-6-9-7-12-14-13-9/h7-8,10-11H,2-6H2,1H3. The molecule has 0 aromatic carbocycles. The van der Waals surface area contributed by atoms with Crippen LogP contribution >= 0.6 is 11.7 Å². The molecule has 1 aliphatic rings. The number of nitrogens with one attached hydrogen (secondary N) is 1. The summed E-state index contributed by atoms with van der Waals surface area (Å²) < 4.78 is 8.19. The number of rotatable bonds is 3. The zero-order valence-corrected chi connectivity index (χ0v) is 9.39. The van der Waals surface area contributed by atoms with Gasteiger partial charge in [0.1, 0.15) is 0 Å². The van der Waals surface area contributed by atoms with Crippen LogP contribution in [0.15, 0.2) is 6.20 Å². The molecule has 2 unspecified atom stereocenters. The minimum Gasteiger partial charge on any atom is -0.308 e. The Bertz CT molecular complexity index is 260. The lowest BCUT2D eigenvalue weighted by Gasteiger charge is -2.29. The van der Waals surface area contributed by atoms with E-state index in [0.717, 1.165) is 18.2 Å². The highest BCUT2D eigenvalue weighted by Crippen LogP contribution is 2.23. The Hall–Kier alpha value is -0.480. The zero-order chi connectivity index (χ0) is 9.80. The molecule has 3 nitrogen and oxygen atoms in total. The molecule has 1 saturated carbocycles. The van der Waals surface area contributed by atoms with Crippen LogP contribution in [0.5, 0.6) is 0 Å². The van der Waals surface area contributed by atoms with Crippen LogP contribution in [0.2, 0.25) is 0 Å². The van der Waals surface area contributed by atoms with Gasteiger partial charge in [0.05, 0.1) is 23.6 Å². The molecule has 0 radical (unpaired) electrons. The third-order valence-corrected chi connectivity index (χ3v) is 3.58. The topological polar surface area (TPSA) is 37.8 Å². The molecule has 0 aliphatic heterocycles. The summed E-state index contributed by atoms with van der Waals surface area (Å²) in [6.07, 6.45) is 7.31. The first-order valence-corrected chi connectivity index (χ1v) is 6.09. The third kappa shape index (κ3) is 2.51. The van der Waals surface area contributed by atoms with Gasteiger partial charge in [-0.05, 0) is 18.8 Å². The zero-order valence-electron chi connectivity index (χ0n) is 8.57. The van der Waals surface area contributed by atoms with Crippen molar-refractivity contribution in [1.82, 2.24) is 14.1 Å². The number of hydrogen-bond acceptors (Lipinski definition) is 4. The van der Waals surface area contributed by atoms with E-state index in [4.69, 9.17) is 0 Å². The summed E-state index contributed by atoms with van der Waals surface area (Å²) >= 11 is 1.29. The lowest BCUT2D eigenvalue weighted by atomic mass is 9.86. The van der Waals surface area contributed by atoms with E-state index in [1.807, 2.05) is 6.20 Å². The maximum Gasteiger partial charge on any atom is 0.0880 e. The first-order valence-electron chi connectivity index (χ1n) is 5.36. The fraction of sp³-hybridized carbons (Fsp3) is 0.800. The molecule has 1 aromatic rings. The molecule has 1 heterocycles. The number of nitrogens with zero attached hydrogens (tertiary/aromatic N) is 2. The molecule has 1 aromatic heterocycles. The molecule has 0 saturated heterocycles. The van der Waals surface area contributed by atoms with Crippen molar-refractivity contribution in [3.05, 3.63) is 11.9 Å². The van der Waals surface area contributed by atoms with Crippen LogP contribution in [0.3, 0.4) is 0 Å².